The van der Waals surface area contributed by atoms with Gasteiger partial charge in [-0.2, -0.15) is 0 Å². The van der Waals surface area contributed by atoms with E-state index in [-0.39, 0.29) is 6.61 Å². The molecule has 0 saturated carbocycles. The van der Waals surface area contributed by atoms with Crippen LogP contribution in [0.2, 0.25) is 0 Å². The highest BCUT2D eigenvalue weighted by molar-refractivity contribution is 5.88. The second-order valence-corrected chi connectivity index (χ2v) is 2.31. The molecule has 0 radical (unpaired) electrons. The van der Waals surface area contributed by atoms with E-state index in [4.69, 9.17) is 10.2 Å². The second kappa shape index (κ2) is 3.34. The van der Waals surface area contributed by atoms with Crippen molar-refractivity contribution in [2.24, 2.45) is 4.99 Å². The zero-order valence-corrected chi connectivity index (χ0v) is 5.95. The van der Waals surface area contributed by atoms with Crippen molar-refractivity contribution >= 4 is 11.8 Å². The van der Waals surface area contributed by atoms with Crippen LogP contribution in [0.1, 0.15) is 6.42 Å². The average molecular weight is 158 g/mol. The number of nitrogens with zero attached hydrogens (tertiary/aromatic N) is 1. The molecule has 0 saturated heterocycles. The Morgan fingerprint density at radius 2 is 2.55 bits per heavy atom. The lowest BCUT2D eigenvalue weighted by Crippen LogP contribution is -2.45. The number of aliphatic hydroxyl groups excluding tert-OH is 1. The molecule has 0 amide bonds. The molecular weight excluding hydrogens is 148 g/mol. The number of nitrogens with one attached hydrogen (secondary N) is 1. The molecule has 1 aliphatic heterocycles. The summed E-state index contributed by atoms with van der Waals surface area (Å²) in [4.78, 5) is 14.3. The van der Waals surface area contributed by atoms with Crippen molar-refractivity contribution in [1.82, 2.24) is 5.32 Å². The monoisotopic (exact) mass is 158 g/mol. The van der Waals surface area contributed by atoms with Gasteiger partial charge in [-0.05, 0) is 6.42 Å². The number of aliphatic carboxylic acids is 1. The summed E-state index contributed by atoms with van der Waals surface area (Å²) in [5.74, 6) is -0.533. The lowest BCUT2D eigenvalue weighted by atomic mass is 10.2. The predicted octanol–water partition coefficient (Wildman–Crippen LogP) is -1.18. The Hall–Kier alpha value is -1.10. The normalized spacial score (nSPS) is 23.7. The van der Waals surface area contributed by atoms with Crippen LogP contribution in [0.25, 0.3) is 0 Å². The van der Waals surface area contributed by atoms with Gasteiger partial charge in [-0.3, -0.25) is 4.99 Å². The van der Waals surface area contributed by atoms with E-state index in [0.29, 0.717) is 18.8 Å². The number of carboxylic acids is 1. The minimum atomic E-state index is -0.897. The second-order valence-electron chi connectivity index (χ2n) is 2.31. The van der Waals surface area contributed by atoms with Crippen LogP contribution in [-0.4, -0.2) is 41.2 Å². The third kappa shape index (κ3) is 1.91. The van der Waals surface area contributed by atoms with E-state index in [1.807, 2.05) is 0 Å². The fourth-order valence-corrected chi connectivity index (χ4v) is 0.928. The lowest BCUT2D eigenvalue weighted by molar-refractivity contribution is -0.139. The summed E-state index contributed by atoms with van der Waals surface area (Å²) in [5.41, 5.74) is 0. The average Bonchev–Trinajstić information content (AvgIpc) is 2.05. The Morgan fingerprint density at radius 3 is 3.09 bits per heavy atom. The van der Waals surface area contributed by atoms with Crippen molar-refractivity contribution in [3.8, 4) is 0 Å². The number of hydrogen-bond acceptors (Lipinski definition) is 4. The largest absolute Gasteiger partial charge is 0.480 e. The van der Waals surface area contributed by atoms with Gasteiger partial charge in [0, 0.05) is 6.54 Å². The molecule has 0 aromatic carbocycles. The number of hydrogen-bond donors (Lipinski definition) is 3. The summed E-state index contributed by atoms with van der Waals surface area (Å²) >= 11 is 0. The van der Waals surface area contributed by atoms with Crippen LogP contribution >= 0.6 is 0 Å². The van der Waals surface area contributed by atoms with Crippen LogP contribution in [0.4, 0.5) is 0 Å². The van der Waals surface area contributed by atoms with Crippen LogP contribution in [0, 0.1) is 0 Å². The minimum absolute atomic E-state index is 0.218. The van der Waals surface area contributed by atoms with E-state index in [1.54, 1.807) is 0 Å². The molecule has 1 atom stereocenters. The first-order valence-corrected chi connectivity index (χ1v) is 3.37. The molecule has 62 valence electrons. The van der Waals surface area contributed by atoms with Crippen LogP contribution < -0.4 is 5.32 Å². The van der Waals surface area contributed by atoms with Gasteiger partial charge in [0.2, 0.25) is 0 Å². The lowest BCUT2D eigenvalue weighted by Gasteiger charge is -2.19. The molecule has 1 aliphatic rings. The summed E-state index contributed by atoms with van der Waals surface area (Å²) in [7, 11) is 0. The molecule has 11 heavy (non-hydrogen) atoms. The molecule has 1 unspecified atom stereocenters. The van der Waals surface area contributed by atoms with Gasteiger partial charge in [0.05, 0.1) is 0 Å². The molecule has 1 rings (SSSR count). The van der Waals surface area contributed by atoms with E-state index in [2.05, 4.69) is 10.3 Å². The molecule has 5 nitrogen and oxygen atoms in total. The van der Waals surface area contributed by atoms with Gasteiger partial charge in [0.15, 0.2) is 0 Å². The molecule has 1 heterocycles. The summed E-state index contributed by atoms with van der Waals surface area (Å²) in [6.07, 6.45) is 0.485. The minimum Gasteiger partial charge on any atom is -0.480 e. The molecule has 0 spiro atoms. The van der Waals surface area contributed by atoms with Crippen LogP contribution in [0.15, 0.2) is 4.99 Å². The fourth-order valence-electron chi connectivity index (χ4n) is 0.928. The zero-order valence-electron chi connectivity index (χ0n) is 5.95. The van der Waals surface area contributed by atoms with Crippen LogP contribution in [0.5, 0.6) is 0 Å². The molecule has 0 aliphatic carbocycles. The van der Waals surface area contributed by atoms with Crippen LogP contribution in [-0.2, 0) is 4.79 Å². The third-order valence-corrected chi connectivity index (χ3v) is 1.51. The Kier molecular flexibility index (Phi) is 2.43. The number of aliphatic imine (C=N–C) groups is 1. The van der Waals surface area contributed by atoms with Gasteiger partial charge in [-0.25, -0.2) is 4.79 Å². The summed E-state index contributed by atoms with van der Waals surface area (Å²) in [6.45, 7) is 0.254. The van der Waals surface area contributed by atoms with E-state index in [0.717, 1.165) is 0 Å². The Bertz CT molecular complexity index is 190. The maximum absolute atomic E-state index is 10.4. The van der Waals surface area contributed by atoms with Crippen molar-refractivity contribution in [3.05, 3.63) is 0 Å². The van der Waals surface area contributed by atoms with Gasteiger partial charge >= 0.3 is 5.97 Å². The number of carboxylic acid groups (broad SMARTS) is 1. The first-order valence-electron chi connectivity index (χ1n) is 3.37. The Morgan fingerprint density at radius 1 is 1.82 bits per heavy atom. The first kappa shape index (κ1) is 8.00. The summed E-state index contributed by atoms with van der Waals surface area (Å²) < 4.78 is 0. The smallest absolute Gasteiger partial charge is 0.326 e. The summed E-state index contributed by atoms with van der Waals surface area (Å²) in [5, 5.41) is 19.8. The topological polar surface area (TPSA) is 81.9 Å². The highest BCUT2D eigenvalue weighted by atomic mass is 16.4. The standard InChI is InChI=1S/C6H10N2O3/c9-3-5-7-2-1-4(8-5)6(10)11/h4,9H,1-3H2,(H,7,8)(H,10,11). The fraction of sp³-hybridized carbons (Fsp3) is 0.667. The number of rotatable bonds is 2. The van der Waals surface area contributed by atoms with Crippen LogP contribution in [0.3, 0.4) is 0 Å². The van der Waals surface area contributed by atoms with Gasteiger partial charge < -0.3 is 15.5 Å². The molecule has 3 N–H and O–H groups in total. The molecule has 0 fully saturated rings. The van der Waals surface area contributed by atoms with Crippen molar-refractivity contribution < 1.29 is 15.0 Å². The van der Waals surface area contributed by atoms with Crippen molar-refractivity contribution in [1.29, 1.82) is 0 Å². The molecular formula is C6H10N2O3. The first-order chi connectivity index (χ1) is 5.24. The Balaban J connectivity index is 2.53. The van der Waals surface area contributed by atoms with E-state index in [1.165, 1.54) is 0 Å². The summed E-state index contributed by atoms with van der Waals surface area (Å²) in [6, 6.07) is -0.588. The zero-order chi connectivity index (χ0) is 8.27. The predicted molar refractivity (Wildman–Crippen MR) is 38.6 cm³/mol. The number of amidine groups is 1. The SMILES string of the molecule is O=C(O)C1CCN=C(CO)N1. The van der Waals surface area contributed by atoms with E-state index < -0.39 is 12.0 Å². The Labute approximate surface area is 63.8 Å². The highest BCUT2D eigenvalue weighted by Crippen LogP contribution is 1.99. The molecule has 0 bridgehead atoms. The van der Waals surface area contributed by atoms with Crippen molar-refractivity contribution in [2.75, 3.05) is 13.2 Å². The third-order valence-electron chi connectivity index (χ3n) is 1.51. The maximum atomic E-state index is 10.4. The highest BCUT2D eigenvalue weighted by Gasteiger charge is 2.20. The van der Waals surface area contributed by atoms with Gasteiger partial charge in [-0.15, -0.1) is 0 Å². The van der Waals surface area contributed by atoms with E-state index in [9.17, 15) is 4.79 Å². The van der Waals surface area contributed by atoms with Crippen molar-refractivity contribution in [3.63, 3.8) is 0 Å². The van der Waals surface area contributed by atoms with Crippen molar-refractivity contribution in [2.45, 2.75) is 12.5 Å². The van der Waals surface area contributed by atoms with E-state index >= 15 is 0 Å². The van der Waals surface area contributed by atoms with Gasteiger partial charge in [0.1, 0.15) is 18.5 Å². The molecule has 0 aromatic rings. The molecule has 5 heteroatoms. The van der Waals surface area contributed by atoms with Gasteiger partial charge in [-0.1, -0.05) is 0 Å². The number of carbonyl (C=O) groups is 1. The number of aliphatic hydroxyl groups is 1. The maximum Gasteiger partial charge on any atom is 0.326 e. The quantitative estimate of drug-likeness (QED) is 0.472. The van der Waals surface area contributed by atoms with Gasteiger partial charge in [0.25, 0.3) is 0 Å². The molecule has 0 aromatic heterocycles.